The van der Waals surface area contributed by atoms with Crippen LogP contribution in [0, 0.1) is 18.8 Å². The van der Waals surface area contributed by atoms with E-state index in [2.05, 4.69) is 68.6 Å². The van der Waals surface area contributed by atoms with Crippen molar-refractivity contribution in [2.45, 2.75) is 128 Å². The molecule has 2 aromatic heterocycles. The van der Waals surface area contributed by atoms with E-state index in [0.29, 0.717) is 38.1 Å². The highest BCUT2D eigenvalue weighted by atomic mass is 16.6. The van der Waals surface area contributed by atoms with Gasteiger partial charge in [0.15, 0.2) is 0 Å². The van der Waals surface area contributed by atoms with Gasteiger partial charge in [-0.05, 0) is 140 Å². The van der Waals surface area contributed by atoms with Crippen molar-refractivity contribution >= 4 is 12.0 Å². The third-order valence-electron chi connectivity index (χ3n) is 11.5. The van der Waals surface area contributed by atoms with Crippen LogP contribution >= 0.6 is 0 Å². The Bertz CT molecular complexity index is 1660. The fourth-order valence-corrected chi connectivity index (χ4v) is 7.94. The van der Waals surface area contributed by atoms with Crippen LogP contribution in [0.2, 0.25) is 0 Å². The van der Waals surface area contributed by atoms with Crippen molar-refractivity contribution in [2.75, 3.05) is 13.7 Å². The van der Waals surface area contributed by atoms with E-state index in [9.17, 15) is 14.7 Å². The standard InChI is InChI=1S/C40H55N5O5/c1-25-20-29(14-17-34(25)49-7)26-8-10-27(11-9-26)36(33-21-30(18-19-41-33)31-22-42-45(23-31)39(2,3)4)43-37(47)28-12-15-32(16-13-28)50-38(48)44-24-35(46)40(44,5)6/h14,17-23,26-28,32,35-36,46H,8-13,15-16,24H2,1-7H3,(H,43,47). The van der Waals surface area contributed by atoms with Gasteiger partial charge >= 0.3 is 6.09 Å². The first-order chi connectivity index (χ1) is 23.7. The minimum Gasteiger partial charge on any atom is -0.496 e. The minimum absolute atomic E-state index is 0.0485. The Labute approximate surface area is 296 Å². The Morgan fingerprint density at radius 3 is 2.32 bits per heavy atom. The zero-order valence-electron chi connectivity index (χ0n) is 30.8. The Morgan fingerprint density at radius 1 is 1.00 bits per heavy atom. The summed E-state index contributed by atoms with van der Waals surface area (Å²) in [4.78, 5) is 33.2. The third-order valence-corrected chi connectivity index (χ3v) is 11.5. The fourth-order valence-electron chi connectivity index (χ4n) is 7.94. The quantitative estimate of drug-likeness (QED) is 0.256. The smallest absolute Gasteiger partial charge is 0.410 e. The lowest BCUT2D eigenvalue weighted by Crippen LogP contribution is -2.69. The number of methoxy groups -OCH3 is 1. The van der Waals surface area contributed by atoms with E-state index in [1.165, 1.54) is 5.56 Å². The zero-order chi connectivity index (χ0) is 35.8. The summed E-state index contributed by atoms with van der Waals surface area (Å²) >= 11 is 0. The predicted octanol–water partition coefficient (Wildman–Crippen LogP) is 7.30. The van der Waals surface area contributed by atoms with Gasteiger partial charge in [-0.2, -0.15) is 5.10 Å². The van der Waals surface area contributed by atoms with Crippen molar-refractivity contribution in [3.8, 4) is 16.9 Å². The Hall–Kier alpha value is -3.92. The van der Waals surface area contributed by atoms with Crippen LogP contribution in [-0.2, 0) is 15.1 Å². The molecule has 1 saturated heterocycles. The maximum atomic E-state index is 14.0. The highest BCUT2D eigenvalue weighted by Gasteiger charge is 2.49. The molecular weight excluding hydrogens is 630 g/mol. The molecule has 6 rings (SSSR count). The molecule has 3 aliphatic rings. The fraction of sp³-hybridized carbons (Fsp3) is 0.600. The van der Waals surface area contributed by atoms with Crippen LogP contribution in [-0.4, -0.2) is 68.2 Å². The molecule has 1 aliphatic heterocycles. The van der Waals surface area contributed by atoms with E-state index >= 15 is 0 Å². The number of rotatable bonds is 8. The summed E-state index contributed by atoms with van der Waals surface area (Å²) in [5.41, 5.74) is 4.70. The van der Waals surface area contributed by atoms with Crippen LogP contribution in [0.3, 0.4) is 0 Å². The largest absolute Gasteiger partial charge is 0.496 e. The highest BCUT2D eigenvalue weighted by molar-refractivity contribution is 5.79. The van der Waals surface area contributed by atoms with Crippen LogP contribution in [0.1, 0.15) is 115 Å². The van der Waals surface area contributed by atoms with Crippen molar-refractivity contribution in [1.29, 1.82) is 0 Å². The lowest BCUT2D eigenvalue weighted by molar-refractivity contribution is -0.128. The van der Waals surface area contributed by atoms with Gasteiger partial charge in [0.2, 0.25) is 5.91 Å². The van der Waals surface area contributed by atoms with Gasteiger partial charge in [0, 0.05) is 23.9 Å². The summed E-state index contributed by atoms with van der Waals surface area (Å²) < 4.78 is 13.3. The van der Waals surface area contributed by atoms with Gasteiger partial charge in [-0.25, -0.2) is 4.79 Å². The number of ether oxygens (including phenoxy) is 2. The van der Waals surface area contributed by atoms with Gasteiger partial charge in [-0.15, -0.1) is 0 Å². The molecule has 270 valence electrons. The number of carbonyl (C=O) groups is 2. The van der Waals surface area contributed by atoms with Gasteiger partial charge in [0.05, 0.1) is 48.8 Å². The second kappa shape index (κ2) is 14.4. The number of benzene rings is 1. The summed E-state index contributed by atoms with van der Waals surface area (Å²) in [6.07, 6.45) is 11.3. The van der Waals surface area contributed by atoms with Gasteiger partial charge in [-0.1, -0.05) is 12.1 Å². The Kier molecular flexibility index (Phi) is 10.3. The maximum Gasteiger partial charge on any atom is 0.410 e. The number of β-amino-alcohol motifs (C(OH)–C–C–N with tert-alkyl or cyclic N) is 1. The van der Waals surface area contributed by atoms with Crippen LogP contribution in [0.15, 0.2) is 48.9 Å². The normalized spacial score (nSPS) is 25.7. The number of nitrogens with zero attached hydrogens (tertiary/aromatic N) is 4. The summed E-state index contributed by atoms with van der Waals surface area (Å²) in [6, 6.07) is 10.4. The lowest BCUT2D eigenvalue weighted by atomic mass is 9.74. The van der Waals surface area contributed by atoms with E-state index in [1.807, 2.05) is 37.0 Å². The molecule has 3 heterocycles. The van der Waals surface area contributed by atoms with Crippen LogP contribution < -0.4 is 10.1 Å². The first-order valence-electron chi connectivity index (χ1n) is 18.4. The average molecular weight is 686 g/mol. The number of pyridine rings is 1. The van der Waals surface area contributed by atoms with Gasteiger partial charge in [0.25, 0.3) is 0 Å². The number of amides is 2. The van der Waals surface area contributed by atoms with Gasteiger partial charge in [0.1, 0.15) is 11.9 Å². The van der Waals surface area contributed by atoms with Crippen LogP contribution in [0.4, 0.5) is 4.79 Å². The summed E-state index contributed by atoms with van der Waals surface area (Å²) in [5, 5.41) is 18.1. The van der Waals surface area contributed by atoms with Gasteiger partial charge < -0.3 is 19.9 Å². The molecule has 3 fully saturated rings. The molecule has 1 aromatic carbocycles. The molecule has 2 atom stereocenters. The molecule has 0 spiro atoms. The van der Waals surface area contributed by atoms with E-state index < -0.39 is 11.6 Å². The monoisotopic (exact) mass is 685 g/mol. The molecule has 10 nitrogen and oxygen atoms in total. The second-order valence-electron chi connectivity index (χ2n) is 16.3. The number of nitrogens with one attached hydrogen (secondary N) is 1. The van der Waals surface area contributed by atoms with Crippen molar-refractivity contribution < 1.29 is 24.2 Å². The van der Waals surface area contributed by atoms with Gasteiger partial charge in [-0.3, -0.25) is 19.4 Å². The summed E-state index contributed by atoms with van der Waals surface area (Å²) in [5.74, 6) is 1.53. The zero-order valence-corrected chi connectivity index (χ0v) is 30.8. The molecule has 3 aromatic rings. The number of aryl methyl sites for hydroxylation is 1. The number of aliphatic hydroxyl groups excluding tert-OH is 1. The molecular formula is C40H55N5O5. The molecule has 2 N–H and O–H groups in total. The van der Waals surface area contributed by atoms with Crippen molar-refractivity contribution in [2.24, 2.45) is 11.8 Å². The number of hydrogen-bond acceptors (Lipinski definition) is 7. The van der Waals surface area contributed by atoms with Crippen molar-refractivity contribution in [3.05, 3.63) is 65.7 Å². The first-order valence-corrected chi connectivity index (χ1v) is 18.4. The minimum atomic E-state index is -0.617. The number of likely N-dealkylation sites (tertiary alicyclic amines) is 1. The molecule has 2 aliphatic carbocycles. The Balaban J connectivity index is 1.15. The molecule has 0 radical (unpaired) electrons. The van der Waals surface area contributed by atoms with Crippen molar-refractivity contribution in [3.63, 3.8) is 0 Å². The lowest BCUT2D eigenvalue weighted by Gasteiger charge is -2.51. The van der Waals surface area contributed by atoms with E-state index in [-0.39, 0.29) is 41.5 Å². The number of aromatic nitrogens is 3. The molecule has 2 saturated carbocycles. The van der Waals surface area contributed by atoms with E-state index in [4.69, 9.17) is 14.5 Å². The molecule has 0 bridgehead atoms. The number of carbonyl (C=O) groups excluding carboxylic acids is 2. The van der Waals surface area contributed by atoms with Crippen molar-refractivity contribution in [1.82, 2.24) is 25.0 Å². The summed E-state index contributed by atoms with van der Waals surface area (Å²) in [6.45, 7) is 12.5. The molecule has 2 amide bonds. The Morgan fingerprint density at radius 2 is 1.72 bits per heavy atom. The molecule has 10 heteroatoms. The maximum absolute atomic E-state index is 14.0. The van der Waals surface area contributed by atoms with E-state index in [0.717, 1.165) is 53.8 Å². The topological polar surface area (TPSA) is 119 Å². The summed E-state index contributed by atoms with van der Waals surface area (Å²) in [7, 11) is 1.71. The molecule has 50 heavy (non-hydrogen) atoms. The van der Waals surface area contributed by atoms with Crippen LogP contribution in [0.25, 0.3) is 11.1 Å². The SMILES string of the molecule is COc1ccc(C2CCC(C(NC(=O)C3CCC(OC(=O)N4CC(O)C4(C)C)CC3)c3cc(-c4cnn(C(C)(C)C)c4)ccn3)CC2)cc1C. The first kappa shape index (κ1) is 35.9. The third kappa shape index (κ3) is 7.55. The van der Waals surface area contributed by atoms with Crippen LogP contribution in [0.5, 0.6) is 5.75 Å². The average Bonchev–Trinajstić information content (AvgIpc) is 3.62. The predicted molar refractivity (Wildman–Crippen MR) is 193 cm³/mol. The second-order valence-corrected chi connectivity index (χ2v) is 16.3. The molecule has 2 unspecified atom stereocenters. The van der Waals surface area contributed by atoms with E-state index in [1.54, 1.807) is 12.0 Å². The highest BCUT2D eigenvalue weighted by Crippen LogP contribution is 2.42. The number of hydrogen-bond donors (Lipinski definition) is 2. The number of aliphatic hydroxyl groups is 1.